The average molecular weight is 636 g/mol. The zero-order valence-corrected chi connectivity index (χ0v) is 26.7. The molecule has 0 aliphatic carbocycles. The van der Waals surface area contributed by atoms with Gasteiger partial charge in [-0.15, -0.1) is 0 Å². The minimum atomic E-state index is 0.572. The van der Waals surface area contributed by atoms with Gasteiger partial charge in [0.15, 0.2) is 11.4 Å². The Balaban J connectivity index is 1.19. The van der Waals surface area contributed by atoms with Crippen LogP contribution < -0.4 is 0 Å². The number of hydrogen-bond acceptors (Lipinski definition) is 1. The van der Waals surface area contributed by atoms with E-state index >= 15 is 0 Å². The van der Waals surface area contributed by atoms with Crippen LogP contribution in [0.1, 0.15) is 5.56 Å². The number of fused-ring (bicyclic) bond motifs is 6. The number of nitrogens with zero attached hydrogens (tertiary/aromatic N) is 5. The normalized spacial score (nSPS) is 11.1. The van der Waals surface area contributed by atoms with E-state index in [0.717, 1.165) is 77.2 Å². The topological polar surface area (TPSA) is 42.4 Å². The molecule has 0 spiro atoms. The van der Waals surface area contributed by atoms with Crippen molar-refractivity contribution in [3.8, 4) is 39.7 Å². The van der Waals surface area contributed by atoms with Gasteiger partial charge in [0.2, 0.25) is 0 Å². The zero-order valence-electron chi connectivity index (χ0n) is 26.7. The van der Waals surface area contributed by atoms with Crippen molar-refractivity contribution in [1.29, 1.82) is 5.26 Å². The van der Waals surface area contributed by atoms with Gasteiger partial charge in [0, 0.05) is 32.7 Å². The summed E-state index contributed by atoms with van der Waals surface area (Å²) in [7, 11) is 0. The third kappa shape index (κ3) is 4.38. The minimum Gasteiger partial charge on any atom is -0.310 e. The van der Waals surface area contributed by atoms with E-state index in [-0.39, 0.29) is 0 Å². The van der Waals surface area contributed by atoms with Crippen LogP contribution >= 0.6 is 0 Å². The first kappa shape index (κ1) is 28.8. The Morgan fingerprint density at radius 3 is 1.90 bits per heavy atom. The van der Waals surface area contributed by atoms with Crippen LogP contribution in [0.25, 0.3) is 86.9 Å². The SMILES string of the molecule is [C-]#[N+]c1ccc2c3ccccc3n(-c3ccccc3-c3cc(-c4ccc(-n5c6ccccc6c6cc(C#N)ccc65)cc4)ccc3[N+]#[C-])c2c1. The van der Waals surface area contributed by atoms with Gasteiger partial charge >= 0.3 is 0 Å². The van der Waals surface area contributed by atoms with E-state index < -0.39 is 0 Å². The van der Waals surface area contributed by atoms with Gasteiger partial charge in [-0.1, -0.05) is 97.1 Å². The predicted molar refractivity (Wildman–Crippen MR) is 203 cm³/mol. The van der Waals surface area contributed by atoms with E-state index in [1.165, 1.54) is 0 Å². The van der Waals surface area contributed by atoms with E-state index in [1.807, 2.05) is 84.9 Å². The fourth-order valence-corrected chi connectivity index (χ4v) is 7.34. The van der Waals surface area contributed by atoms with E-state index in [0.29, 0.717) is 16.9 Å². The van der Waals surface area contributed by atoms with Crippen molar-refractivity contribution in [3.63, 3.8) is 0 Å². The van der Waals surface area contributed by atoms with Crippen molar-refractivity contribution >= 4 is 55.0 Å². The Hall–Kier alpha value is -7.39. The molecule has 0 unspecified atom stereocenters. The molecule has 0 saturated carbocycles. The smallest absolute Gasteiger partial charge is 0.195 e. The first-order chi connectivity index (χ1) is 24.7. The molecule has 0 radical (unpaired) electrons. The van der Waals surface area contributed by atoms with Crippen LogP contribution in [0.3, 0.4) is 0 Å². The molecular formula is C45H25N5. The molecule has 0 saturated heterocycles. The third-order valence-electron chi connectivity index (χ3n) is 9.60. The average Bonchev–Trinajstić information content (AvgIpc) is 3.69. The Morgan fingerprint density at radius 1 is 0.480 bits per heavy atom. The molecular weight excluding hydrogens is 611 g/mol. The van der Waals surface area contributed by atoms with Gasteiger partial charge in [-0.3, -0.25) is 0 Å². The Kier molecular flexibility index (Phi) is 6.56. The summed E-state index contributed by atoms with van der Waals surface area (Å²) in [5.41, 5.74) is 11.7. The van der Waals surface area contributed by atoms with Crippen LogP contribution in [-0.4, -0.2) is 9.13 Å². The molecule has 7 aromatic carbocycles. The molecule has 9 rings (SSSR count). The number of benzene rings is 7. The number of nitriles is 1. The predicted octanol–water partition coefficient (Wildman–Crippen LogP) is 12.2. The van der Waals surface area contributed by atoms with Crippen LogP contribution in [0.2, 0.25) is 0 Å². The van der Waals surface area contributed by atoms with Gasteiger partial charge in [-0.25, -0.2) is 9.69 Å². The zero-order chi connectivity index (χ0) is 33.8. The van der Waals surface area contributed by atoms with Gasteiger partial charge in [-0.05, 0) is 76.9 Å². The molecule has 0 aliphatic heterocycles. The second-order valence-electron chi connectivity index (χ2n) is 12.3. The summed E-state index contributed by atoms with van der Waals surface area (Å²) in [6, 6.07) is 53.3. The fraction of sp³-hybridized carbons (Fsp3) is 0. The van der Waals surface area contributed by atoms with Crippen LogP contribution in [-0.2, 0) is 0 Å². The first-order valence-corrected chi connectivity index (χ1v) is 16.2. The molecule has 2 heterocycles. The lowest BCUT2D eigenvalue weighted by Crippen LogP contribution is -1.97. The summed E-state index contributed by atoms with van der Waals surface area (Å²) in [6.45, 7) is 15.8. The Morgan fingerprint density at radius 2 is 1.14 bits per heavy atom. The maximum Gasteiger partial charge on any atom is 0.195 e. The number of hydrogen-bond donors (Lipinski definition) is 0. The molecule has 0 bridgehead atoms. The molecule has 0 aliphatic rings. The molecule has 2 aromatic heterocycles. The lowest BCUT2D eigenvalue weighted by molar-refractivity contribution is 1.18. The highest BCUT2D eigenvalue weighted by atomic mass is 15.0. The largest absolute Gasteiger partial charge is 0.310 e. The van der Waals surface area contributed by atoms with Crippen molar-refractivity contribution in [3.05, 3.63) is 180 Å². The van der Waals surface area contributed by atoms with Gasteiger partial charge in [0.25, 0.3) is 0 Å². The van der Waals surface area contributed by atoms with Crippen molar-refractivity contribution < 1.29 is 0 Å². The van der Waals surface area contributed by atoms with Crippen LogP contribution in [0.5, 0.6) is 0 Å². The van der Waals surface area contributed by atoms with Crippen LogP contribution in [0.15, 0.2) is 152 Å². The molecule has 0 N–H and O–H groups in total. The second kappa shape index (κ2) is 11.4. The van der Waals surface area contributed by atoms with Crippen molar-refractivity contribution in [2.75, 3.05) is 0 Å². The van der Waals surface area contributed by atoms with Crippen molar-refractivity contribution in [1.82, 2.24) is 9.13 Å². The minimum absolute atomic E-state index is 0.572. The van der Waals surface area contributed by atoms with E-state index in [4.69, 9.17) is 13.1 Å². The van der Waals surface area contributed by atoms with E-state index in [1.54, 1.807) is 0 Å². The van der Waals surface area contributed by atoms with Gasteiger partial charge in [0.05, 0.1) is 47.0 Å². The molecule has 230 valence electrons. The number of rotatable bonds is 4. The summed E-state index contributed by atoms with van der Waals surface area (Å²) in [5, 5.41) is 13.9. The maximum absolute atomic E-state index is 9.54. The number of para-hydroxylation sites is 3. The molecule has 0 fully saturated rings. The lowest BCUT2D eigenvalue weighted by Gasteiger charge is -2.16. The summed E-state index contributed by atoms with van der Waals surface area (Å²) >= 11 is 0. The quantitative estimate of drug-likeness (QED) is 0.177. The van der Waals surface area contributed by atoms with E-state index in [2.05, 4.69) is 91.6 Å². The van der Waals surface area contributed by atoms with Gasteiger partial charge in [0.1, 0.15) is 0 Å². The summed E-state index contributed by atoms with van der Waals surface area (Å²) in [5.74, 6) is 0. The van der Waals surface area contributed by atoms with Crippen LogP contribution in [0.4, 0.5) is 11.4 Å². The Labute approximate surface area is 288 Å². The summed E-state index contributed by atoms with van der Waals surface area (Å²) < 4.78 is 4.46. The standard InChI is InChI=1S/C45H25N5/c1-47-32-19-22-37-34-9-3-7-13-42(34)50(45(37)27-32)43-14-8-4-10-35(43)38-26-31(18-23-40(38)48-2)30-16-20-33(21-17-30)49-41-12-6-5-11-36(41)39-25-29(28-46)15-24-44(39)49/h3-27H. The second-order valence-corrected chi connectivity index (χ2v) is 12.3. The van der Waals surface area contributed by atoms with Gasteiger partial charge < -0.3 is 9.13 Å². The highest BCUT2D eigenvalue weighted by Gasteiger charge is 2.18. The molecule has 0 amide bonds. The third-order valence-corrected chi connectivity index (χ3v) is 9.60. The maximum atomic E-state index is 9.54. The first-order valence-electron chi connectivity index (χ1n) is 16.2. The molecule has 50 heavy (non-hydrogen) atoms. The van der Waals surface area contributed by atoms with Crippen molar-refractivity contribution in [2.24, 2.45) is 0 Å². The fourth-order valence-electron chi connectivity index (χ4n) is 7.34. The van der Waals surface area contributed by atoms with Crippen molar-refractivity contribution in [2.45, 2.75) is 0 Å². The molecule has 9 aromatic rings. The highest BCUT2D eigenvalue weighted by Crippen LogP contribution is 2.42. The molecule has 5 heteroatoms. The lowest BCUT2D eigenvalue weighted by atomic mass is 9.96. The van der Waals surface area contributed by atoms with Crippen LogP contribution in [0, 0.1) is 24.5 Å². The summed E-state index contributed by atoms with van der Waals surface area (Å²) in [4.78, 5) is 7.67. The monoisotopic (exact) mass is 635 g/mol. The summed E-state index contributed by atoms with van der Waals surface area (Å²) in [6.07, 6.45) is 0. The molecule has 0 atom stereocenters. The van der Waals surface area contributed by atoms with E-state index in [9.17, 15) is 5.26 Å². The highest BCUT2D eigenvalue weighted by molar-refractivity contribution is 6.11. The molecule has 5 nitrogen and oxygen atoms in total. The van der Waals surface area contributed by atoms with Gasteiger partial charge in [-0.2, -0.15) is 5.26 Å². The number of aromatic nitrogens is 2. The Bertz CT molecular complexity index is 2960.